The molecule has 1 heterocycles. The largest absolute Gasteiger partial charge is 0.452 e. The Labute approximate surface area is 208 Å². The maximum Gasteiger partial charge on any atom is 0.339 e. The van der Waals surface area contributed by atoms with Gasteiger partial charge in [-0.3, -0.25) is 4.79 Å². The highest BCUT2D eigenvalue weighted by Gasteiger charge is 2.17. The van der Waals surface area contributed by atoms with Crippen molar-refractivity contribution in [3.63, 3.8) is 0 Å². The van der Waals surface area contributed by atoms with E-state index in [9.17, 15) is 9.59 Å². The number of fused-ring (bicyclic) bond motifs is 1. The number of carbonyl (C=O) groups excluding carboxylic acids is 2. The first kappa shape index (κ1) is 23.1. The topological polar surface area (TPSA) is 68.3 Å². The molecule has 0 saturated heterocycles. The summed E-state index contributed by atoms with van der Waals surface area (Å²) in [5.74, 6) is -0.981. The van der Waals surface area contributed by atoms with E-state index in [2.05, 4.69) is 42.2 Å². The first-order valence-corrected chi connectivity index (χ1v) is 11.8. The van der Waals surface area contributed by atoms with Crippen molar-refractivity contribution in [2.45, 2.75) is 13.8 Å². The van der Waals surface area contributed by atoms with Gasteiger partial charge in [0.25, 0.3) is 5.91 Å². The predicted octanol–water partition coefficient (Wildman–Crippen LogP) is 6.84. The number of para-hydroxylation sites is 1. The summed E-state index contributed by atoms with van der Waals surface area (Å²) in [4.78, 5) is 30.1. The van der Waals surface area contributed by atoms with E-state index in [1.165, 1.54) is 0 Å². The Morgan fingerprint density at radius 1 is 0.939 bits per heavy atom. The number of nitrogens with zero attached hydrogens (tertiary/aromatic N) is 1. The van der Waals surface area contributed by atoms with Crippen LogP contribution in [0.3, 0.4) is 0 Å². The van der Waals surface area contributed by atoms with E-state index >= 15 is 0 Å². The molecule has 1 amide bonds. The van der Waals surface area contributed by atoms with Gasteiger partial charge in [0.2, 0.25) is 0 Å². The Morgan fingerprint density at radius 3 is 2.42 bits per heavy atom. The third kappa shape index (κ3) is 5.15. The minimum Gasteiger partial charge on any atom is -0.452 e. The lowest BCUT2D eigenvalue weighted by atomic mass is 10.0. The molecule has 0 spiro atoms. The Hall–Kier alpha value is -3.03. The molecule has 5 nitrogen and oxygen atoms in total. The quantitative estimate of drug-likeness (QED) is 0.268. The highest BCUT2D eigenvalue weighted by Crippen LogP contribution is 2.27. The smallest absolute Gasteiger partial charge is 0.339 e. The fraction of sp³-hybridized carbons (Fsp3) is 0.115. The molecule has 0 radical (unpaired) electrons. The van der Waals surface area contributed by atoms with Crippen LogP contribution in [0.15, 0.2) is 75.7 Å². The third-order valence-corrected chi connectivity index (χ3v) is 6.79. The molecule has 0 atom stereocenters. The van der Waals surface area contributed by atoms with Gasteiger partial charge in [-0.25, -0.2) is 9.78 Å². The van der Waals surface area contributed by atoms with Crippen molar-refractivity contribution in [1.29, 1.82) is 0 Å². The molecule has 0 bridgehead atoms. The average molecular weight is 568 g/mol. The first-order chi connectivity index (χ1) is 15.8. The lowest BCUT2D eigenvalue weighted by Crippen LogP contribution is -2.21. The molecular weight excluding hydrogens is 548 g/mol. The summed E-state index contributed by atoms with van der Waals surface area (Å²) < 4.78 is 7.30. The van der Waals surface area contributed by atoms with Gasteiger partial charge in [0.15, 0.2) is 6.61 Å². The van der Waals surface area contributed by atoms with Gasteiger partial charge in [0.1, 0.15) is 0 Å². The second-order valence-corrected chi connectivity index (χ2v) is 9.32. The lowest BCUT2D eigenvalue weighted by Gasteiger charge is -2.13. The van der Waals surface area contributed by atoms with Gasteiger partial charge >= 0.3 is 5.97 Å². The van der Waals surface area contributed by atoms with Crippen molar-refractivity contribution in [1.82, 2.24) is 4.98 Å². The van der Waals surface area contributed by atoms with E-state index in [-0.39, 0.29) is 0 Å². The maximum absolute atomic E-state index is 13.0. The molecule has 0 aliphatic rings. The molecule has 7 heteroatoms. The number of amides is 1. The number of aromatic nitrogens is 1. The summed E-state index contributed by atoms with van der Waals surface area (Å²) >= 11 is 6.91. The van der Waals surface area contributed by atoms with Gasteiger partial charge in [0.05, 0.1) is 16.8 Å². The van der Waals surface area contributed by atoms with Crippen molar-refractivity contribution in [2.24, 2.45) is 0 Å². The van der Waals surface area contributed by atoms with Crippen LogP contribution in [-0.4, -0.2) is 23.5 Å². The van der Waals surface area contributed by atoms with Crippen LogP contribution in [0.1, 0.15) is 21.5 Å². The molecule has 33 heavy (non-hydrogen) atoms. The first-order valence-electron chi connectivity index (χ1n) is 10.2. The normalized spacial score (nSPS) is 10.8. The molecule has 0 unspecified atom stereocenters. The molecule has 0 fully saturated rings. The molecule has 0 aliphatic carbocycles. The fourth-order valence-electron chi connectivity index (χ4n) is 3.43. The van der Waals surface area contributed by atoms with E-state index in [4.69, 9.17) is 4.74 Å². The monoisotopic (exact) mass is 566 g/mol. The van der Waals surface area contributed by atoms with E-state index in [0.717, 1.165) is 25.6 Å². The van der Waals surface area contributed by atoms with Crippen LogP contribution in [0.2, 0.25) is 0 Å². The van der Waals surface area contributed by atoms with Gasteiger partial charge in [-0.05, 0) is 61.4 Å². The number of halogens is 2. The minimum atomic E-state index is -0.578. The van der Waals surface area contributed by atoms with Crippen LogP contribution >= 0.6 is 31.9 Å². The SMILES string of the molecule is Cc1c(Br)ccc(NC(=O)COC(=O)c2cc(-c3ccc(Br)cc3)nc3ccccc23)c1C. The molecule has 4 aromatic rings. The van der Waals surface area contributed by atoms with Gasteiger partial charge in [-0.2, -0.15) is 0 Å². The molecule has 4 rings (SSSR count). The minimum absolute atomic E-state index is 0.363. The summed E-state index contributed by atoms with van der Waals surface area (Å²) in [6.45, 7) is 3.50. The molecular formula is C26H20Br2N2O3. The maximum atomic E-state index is 13.0. The zero-order valence-electron chi connectivity index (χ0n) is 18.0. The van der Waals surface area contributed by atoms with Crippen LogP contribution in [0.25, 0.3) is 22.2 Å². The van der Waals surface area contributed by atoms with Gasteiger partial charge in [0, 0.05) is 25.6 Å². The molecule has 3 aromatic carbocycles. The van der Waals surface area contributed by atoms with Crippen LogP contribution in [0.5, 0.6) is 0 Å². The number of pyridine rings is 1. The molecule has 1 aromatic heterocycles. The number of esters is 1. The number of anilines is 1. The second kappa shape index (κ2) is 9.85. The van der Waals surface area contributed by atoms with Gasteiger partial charge in [-0.1, -0.05) is 62.2 Å². The summed E-state index contributed by atoms with van der Waals surface area (Å²) in [7, 11) is 0. The highest BCUT2D eigenvalue weighted by molar-refractivity contribution is 9.10. The Bertz CT molecular complexity index is 1370. The van der Waals surface area contributed by atoms with E-state index in [0.29, 0.717) is 27.8 Å². The van der Waals surface area contributed by atoms with Crippen molar-refractivity contribution >= 4 is 60.3 Å². The Balaban J connectivity index is 1.56. The van der Waals surface area contributed by atoms with Gasteiger partial charge < -0.3 is 10.1 Å². The third-order valence-electron chi connectivity index (χ3n) is 5.41. The van der Waals surface area contributed by atoms with Crippen molar-refractivity contribution in [2.75, 3.05) is 11.9 Å². The number of benzene rings is 3. The standard InChI is InChI=1S/C26H20Br2N2O3/c1-15-16(2)22(12-11-21(15)28)30-25(31)14-33-26(32)20-13-24(17-7-9-18(27)10-8-17)29-23-6-4-3-5-19(20)23/h3-13H,14H2,1-2H3,(H,30,31). The Kier molecular flexibility index (Phi) is 6.91. The summed E-state index contributed by atoms with van der Waals surface area (Å²) in [6.07, 6.45) is 0. The summed E-state index contributed by atoms with van der Waals surface area (Å²) in [5, 5.41) is 3.48. The number of hydrogen-bond donors (Lipinski definition) is 1. The zero-order chi connectivity index (χ0) is 23.5. The Morgan fingerprint density at radius 2 is 1.67 bits per heavy atom. The summed E-state index contributed by atoms with van der Waals surface area (Å²) in [6, 6.07) is 20.4. The molecule has 166 valence electrons. The molecule has 0 aliphatic heterocycles. The van der Waals surface area contributed by atoms with Crippen LogP contribution in [0.4, 0.5) is 5.69 Å². The molecule has 0 saturated carbocycles. The van der Waals surface area contributed by atoms with E-state index < -0.39 is 18.5 Å². The van der Waals surface area contributed by atoms with Crippen molar-refractivity contribution < 1.29 is 14.3 Å². The lowest BCUT2D eigenvalue weighted by molar-refractivity contribution is -0.119. The van der Waals surface area contributed by atoms with Crippen LogP contribution in [0, 0.1) is 13.8 Å². The fourth-order valence-corrected chi connectivity index (χ4v) is 4.12. The average Bonchev–Trinajstić information content (AvgIpc) is 2.82. The number of rotatable bonds is 5. The van der Waals surface area contributed by atoms with Crippen molar-refractivity contribution in [3.8, 4) is 11.3 Å². The zero-order valence-corrected chi connectivity index (χ0v) is 21.2. The number of ether oxygens (including phenoxy) is 1. The van der Waals surface area contributed by atoms with Crippen molar-refractivity contribution in [3.05, 3.63) is 92.4 Å². The highest BCUT2D eigenvalue weighted by atomic mass is 79.9. The number of nitrogens with one attached hydrogen (secondary N) is 1. The molecule has 1 N–H and O–H groups in total. The second-order valence-electron chi connectivity index (χ2n) is 7.55. The summed E-state index contributed by atoms with van der Waals surface area (Å²) in [5.41, 5.74) is 5.23. The number of carbonyl (C=O) groups is 2. The van der Waals surface area contributed by atoms with Gasteiger partial charge in [-0.15, -0.1) is 0 Å². The van der Waals surface area contributed by atoms with E-state index in [1.807, 2.05) is 74.5 Å². The van der Waals surface area contributed by atoms with Crippen LogP contribution in [-0.2, 0) is 9.53 Å². The number of hydrogen-bond acceptors (Lipinski definition) is 4. The van der Waals surface area contributed by atoms with Crippen LogP contribution < -0.4 is 5.32 Å². The predicted molar refractivity (Wildman–Crippen MR) is 137 cm³/mol. The van der Waals surface area contributed by atoms with E-state index in [1.54, 1.807) is 6.07 Å².